The zero-order valence-corrected chi connectivity index (χ0v) is 8.26. The smallest absolute Gasteiger partial charge is 0.198 e. The Morgan fingerprint density at radius 1 is 1.13 bits per heavy atom. The predicted octanol–water partition coefficient (Wildman–Crippen LogP) is 2.63. The summed E-state index contributed by atoms with van der Waals surface area (Å²) in [5, 5.41) is 9.66. The Balaban J connectivity index is 2.05. The zero-order valence-electron chi connectivity index (χ0n) is 8.26. The normalized spacial score (nSPS) is 18.0. The molecular weight excluding hydrogens is 188 g/mol. The number of hydrogen-bond donors (Lipinski definition) is 1. The van der Waals surface area contributed by atoms with Gasteiger partial charge in [0.15, 0.2) is 11.5 Å². The molecule has 0 saturated heterocycles. The Labute approximate surface area is 88.6 Å². The van der Waals surface area contributed by atoms with Gasteiger partial charge in [-0.1, -0.05) is 48.6 Å². The van der Waals surface area contributed by atoms with Gasteiger partial charge in [-0.3, -0.25) is 4.79 Å². The molecule has 0 aromatic rings. The molecule has 0 atom stereocenters. The second-order valence-corrected chi connectivity index (χ2v) is 3.58. The fourth-order valence-corrected chi connectivity index (χ4v) is 1.62. The van der Waals surface area contributed by atoms with Crippen molar-refractivity contribution in [1.29, 1.82) is 0 Å². The van der Waals surface area contributed by atoms with Crippen LogP contribution in [-0.2, 0) is 4.79 Å². The average Bonchev–Trinajstić information content (AvgIpc) is 2.88. The van der Waals surface area contributed by atoms with Crippen LogP contribution in [0.2, 0.25) is 0 Å². The van der Waals surface area contributed by atoms with Gasteiger partial charge in [-0.15, -0.1) is 0 Å². The maximum absolute atomic E-state index is 11.6. The van der Waals surface area contributed by atoms with Gasteiger partial charge in [-0.2, -0.15) is 0 Å². The lowest BCUT2D eigenvalue weighted by Gasteiger charge is -2.04. The van der Waals surface area contributed by atoms with E-state index >= 15 is 0 Å². The summed E-state index contributed by atoms with van der Waals surface area (Å²) < 4.78 is 0. The van der Waals surface area contributed by atoms with Gasteiger partial charge in [0.1, 0.15) is 0 Å². The number of aliphatic hydroxyl groups excluding tert-OH is 1. The molecule has 0 aromatic carbocycles. The van der Waals surface area contributed by atoms with Crippen LogP contribution in [-0.4, -0.2) is 10.9 Å². The predicted molar refractivity (Wildman–Crippen MR) is 59.3 cm³/mol. The van der Waals surface area contributed by atoms with Gasteiger partial charge < -0.3 is 5.11 Å². The molecule has 0 saturated carbocycles. The number of aliphatic hydroxyl groups is 1. The van der Waals surface area contributed by atoms with Crippen molar-refractivity contribution >= 4 is 5.78 Å². The van der Waals surface area contributed by atoms with Crippen molar-refractivity contribution < 1.29 is 9.90 Å². The Kier molecular flexibility index (Phi) is 2.68. The molecule has 2 aliphatic rings. The van der Waals surface area contributed by atoms with Gasteiger partial charge in [0.05, 0.1) is 0 Å². The molecule has 15 heavy (non-hydrogen) atoms. The Morgan fingerprint density at radius 3 is 2.33 bits per heavy atom. The molecule has 0 unspecified atom stereocenters. The molecule has 0 radical (unpaired) electrons. The van der Waals surface area contributed by atoms with Crippen molar-refractivity contribution in [2.24, 2.45) is 5.92 Å². The maximum atomic E-state index is 11.6. The summed E-state index contributed by atoms with van der Waals surface area (Å²) in [7, 11) is 0. The average molecular weight is 200 g/mol. The Bertz CT molecular complexity index is 394. The lowest BCUT2D eigenvalue weighted by Crippen LogP contribution is -2.08. The highest BCUT2D eigenvalue weighted by molar-refractivity contribution is 5.95. The molecule has 2 nitrogen and oxygen atoms in total. The van der Waals surface area contributed by atoms with Crippen LogP contribution in [0.3, 0.4) is 0 Å². The fraction of sp³-hybridized carbons (Fsp3) is 0.154. The van der Waals surface area contributed by atoms with E-state index in [1.54, 1.807) is 24.3 Å². The number of Topliss-reactive ketones (excluding diaryl/α,β-unsaturated/α-hetero) is 1. The van der Waals surface area contributed by atoms with Gasteiger partial charge in [0, 0.05) is 17.9 Å². The SMILES string of the molecule is O=C(CC1C=CC=C1)C(O)=C1C=CC=C1. The van der Waals surface area contributed by atoms with E-state index in [1.807, 2.05) is 24.3 Å². The highest BCUT2D eigenvalue weighted by atomic mass is 16.3. The van der Waals surface area contributed by atoms with E-state index in [4.69, 9.17) is 0 Å². The van der Waals surface area contributed by atoms with Crippen LogP contribution < -0.4 is 0 Å². The standard InChI is InChI=1S/C13H12O2/c14-12(9-10-5-1-2-6-10)13(15)11-7-3-4-8-11/h1-8,10,15H,9H2. The van der Waals surface area contributed by atoms with Crippen molar-refractivity contribution in [3.8, 4) is 0 Å². The molecule has 2 rings (SSSR count). The summed E-state index contributed by atoms with van der Waals surface area (Å²) in [5.74, 6) is -0.203. The van der Waals surface area contributed by atoms with Crippen molar-refractivity contribution in [3.63, 3.8) is 0 Å². The number of ketones is 1. The largest absolute Gasteiger partial charge is 0.504 e. The van der Waals surface area contributed by atoms with Crippen LogP contribution in [0.4, 0.5) is 0 Å². The van der Waals surface area contributed by atoms with Gasteiger partial charge in [0.2, 0.25) is 0 Å². The van der Waals surface area contributed by atoms with Crippen molar-refractivity contribution in [1.82, 2.24) is 0 Å². The number of allylic oxidation sites excluding steroid dienone is 10. The summed E-state index contributed by atoms with van der Waals surface area (Å²) >= 11 is 0. The first kappa shape index (κ1) is 9.71. The number of carbonyl (C=O) groups excluding carboxylic acids is 1. The van der Waals surface area contributed by atoms with Crippen LogP contribution in [0.5, 0.6) is 0 Å². The fourth-order valence-electron chi connectivity index (χ4n) is 1.62. The molecule has 2 aliphatic carbocycles. The lowest BCUT2D eigenvalue weighted by atomic mass is 10.0. The first-order valence-electron chi connectivity index (χ1n) is 4.93. The number of hydrogen-bond acceptors (Lipinski definition) is 2. The van der Waals surface area contributed by atoms with Crippen molar-refractivity contribution in [2.75, 3.05) is 0 Å². The van der Waals surface area contributed by atoms with Crippen LogP contribution in [0.15, 0.2) is 59.9 Å². The topological polar surface area (TPSA) is 37.3 Å². The highest BCUT2D eigenvalue weighted by Gasteiger charge is 2.16. The second-order valence-electron chi connectivity index (χ2n) is 3.58. The van der Waals surface area contributed by atoms with Crippen LogP contribution >= 0.6 is 0 Å². The lowest BCUT2D eigenvalue weighted by molar-refractivity contribution is -0.118. The minimum atomic E-state index is -0.206. The highest BCUT2D eigenvalue weighted by Crippen LogP contribution is 2.18. The first-order valence-corrected chi connectivity index (χ1v) is 4.93. The summed E-state index contributed by atoms with van der Waals surface area (Å²) in [5.41, 5.74) is 0.603. The molecule has 0 bridgehead atoms. The van der Waals surface area contributed by atoms with E-state index in [-0.39, 0.29) is 17.5 Å². The Hall–Kier alpha value is -1.83. The van der Waals surface area contributed by atoms with Crippen LogP contribution in [0.1, 0.15) is 6.42 Å². The van der Waals surface area contributed by atoms with Crippen molar-refractivity contribution in [3.05, 3.63) is 59.9 Å². The molecule has 1 N–H and O–H groups in total. The van der Waals surface area contributed by atoms with E-state index in [0.717, 1.165) is 0 Å². The molecule has 0 aliphatic heterocycles. The summed E-state index contributed by atoms with van der Waals surface area (Å²) in [6.07, 6.45) is 15.1. The van der Waals surface area contributed by atoms with Gasteiger partial charge in [0.25, 0.3) is 0 Å². The molecule has 0 aromatic heterocycles. The van der Waals surface area contributed by atoms with E-state index in [1.165, 1.54) is 0 Å². The van der Waals surface area contributed by atoms with Crippen LogP contribution in [0, 0.1) is 5.92 Å². The van der Waals surface area contributed by atoms with E-state index in [0.29, 0.717) is 12.0 Å². The summed E-state index contributed by atoms with van der Waals surface area (Å²) in [4.78, 5) is 11.6. The van der Waals surface area contributed by atoms with Crippen molar-refractivity contribution in [2.45, 2.75) is 6.42 Å². The first-order chi connectivity index (χ1) is 7.27. The quantitative estimate of drug-likeness (QED) is 0.561. The third-order valence-corrected chi connectivity index (χ3v) is 2.45. The minimum Gasteiger partial charge on any atom is -0.504 e. The molecule has 76 valence electrons. The van der Waals surface area contributed by atoms with E-state index < -0.39 is 0 Å². The molecule has 0 amide bonds. The molecule has 0 heterocycles. The van der Waals surface area contributed by atoms with Crippen LogP contribution in [0.25, 0.3) is 0 Å². The molecule has 0 fully saturated rings. The summed E-state index contributed by atoms with van der Waals surface area (Å²) in [6.45, 7) is 0. The monoisotopic (exact) mass is 200 g/mol. The van der Waals surface area contributed by atoms with E-state index in [9.17, 15) is 9.90 Å². The second kappa shape index (κ2) is 4.13. The maximum Gasteiger partial charge on any atom is 0.198 e. The van der Waals surface area contributed by atoms with Gasteiger partial charge in [-0.05, 0) is 0 Å². The molecule has 0 spiro atoms. The third kappa shape index (κ3) is 2.15. The Morgan fingerprint density at radius 2 is 1.73 bits per heavy atom. The minimum absolute atomic E-state index is 0.131. The van der Waals surface area contributed by atoms with Gasteiger partial charge in [-0.25, -0.2) is 0 Å². The number of carbonyl (C=O) groups is 1. The molecular formula is C13H12O2. The zero-order chi connectivity index (χ0) is 10.7. The van der Waals surface area contributed by atoms with E-state index in [2.05, 4.69) is 0 Å². The molecule has 2 heteroatoms. The van der Waals surface area contributed by atoms with Gasteiger partial charge >= 0.3 is 0 Å². The number of rotatable bonds is 3. The third-order valence-electron chi connectivity index (χ3n) is 2.45. The summed E-state index contributed by atoms with van der Waals surface area (Å²) in [6, 6.07) is 0.